The van der Waals surface area contributed by atoms with E-state index in [0.29, 0.717) is 0 Å². The summed E-state index contributed by atoms with van der Waals surface area (Å²) < 4.78 is 13.6. The third-order valence-corrected chi connectivity index (χ3v) is 15.2. The molecule has 318 valence electrons. The molecule has 0 saturated carbocycles. The molecular weight excluding hydrogens is 815 g/mol. The van der Waals surface area contributed by atoms with Gasteiger partial charge in [0.25, 0.3) is 0 Å². The Morgan fingerprint density at radius 3 is 1.30 bits per heavy atom. The molecule has 0 N–H and O–H groups in total. The van der Waals surface area contributed by atoms with Crippen LogP contribution >= 0.6 is 0 Å². The number of anilines is 3. The van der Waals surface area contributed by atoms with Crippen molar-refractivity contribution in [3.63, 3.8) is 0 Å². The highest BCUT2D eigenvalue weighted by atomic mass is 16.3. The number of benzene rings is 10. The van der Waals surface area contributed by atoms with Crippen molar-refractivity contribution in [2.45, 2.75) is 38.5 Å². The van der Waals surface area contributed by atoms with Crippen LogP contribution in [0.2, 0.25) is 0 Å². The standard InChI is InChI=1S/C64H45NO2/c1-63(2)50-34-41(30-32-44(50)57-52(63)36-48(39-18-7-5-8-19-39)61-59(57)46-25-13-15-28-55(46)66-61)65(54-27-17-23-38-22-11-12-24-43(38)54)42-31-33-45-51(35-42)64(3,4)53-37-49(40-20-9-6-10-21-40)62-60(58(45)53)47-26-14-16-29-56(47)67-62/h5-37H,1-4H3. The average molecular weight is 860 g/mol. The highest BCUT2D eigenvalue weighted by Gasteiger charge is 2.41. The summed E-state index contributed by atoms with van der Waals surface area (Å²) in [4.78, 5) is 2.50. The van der Waals surface area contributed by atoms with E-state index in [1.165, 1.54) is 66.1 Å². The van der Waals surface area contributed by atoms with Gasteiger partial charge in [0.15, 0.2) is 0 Å². The second kappa shape index (κ2) is 13.7. The van der Waals surface area contributed by atoms with Gasteiger partial charge in [-0.2, -0.15) is 0 Å². The van der Waals surface area contributed by atoms with Gasteiger partial charge in [-0.25, -0.2) is 0 Å². The van der Waals surface area contributed by atoms with Gasteiger partial charge in [-0.15, -0.1) is 0 Å². The molecule has 2 heterocycles. The molecule has 3 nitrogen and oxygen atoms in total. The van der Waals surface area contributed by atoms with Crippen LogP contribution < -0.4 is 4.90 Å². The van der Waals surface area contributed by atoms with Gasteiger partial charge >= 0.3 is 0 Å². The van der Waals surface area contributed by atoms with E-state index in [2.05, 4.69) is 233 Å². The Bertz CT molecular complexity index is 3810. The molecular formula is C64H45NO2. The van der Waals surface area contributed by atoms with E-state index in [1.54, 1.807) is 0 Å². The van der Waals surface area contributed by atoms with E-state index in [0.717, 1.165) is 72.4 Å². The Hall–Kier alpha value is -8.14. The molecule has 0 aliphatic heterocycles. The van der Waals surface area contributed by atoms with E-state index in [1.807, 2.05) is 0 Å². The Morgan fingerprint density at radius 2 is 0.791 bits per heavy atom. The fourth-order valence-electron chi connectivity index (χ4n) is 11.9. The summed E-state index contributed by atoms with van der Waals surface area (Å²) in [5.74, 6) is 0. The number of fused-ring (bicyclic) bond motifs is 15. The summed E-state index contributed by atoms with van der Waals surface area (Å²) in [7, 11) is 0. The second-order valence-electron chi connectivity index (χ2n) is 19.6. The molecule has 10 aromatic carbocycles. The third kappa shape index (κ3) is 5.28. The van der Waals surface area contributed by atoms with E-state index in [4.69, 9.17) is 8.83 Å². The van der Waals surface area contributed by atoms with E-state index in [-0.39, 0.29) is 10.8 Å². The van der Waals surface area contributed by atoms with Crippen LogP contribution in [0.4, 0.5) is 17.1 Å². The lowest BCUT2D eigenvalue weighted by molar-refractivity contribution is 0.657. The summed E-state index contributed by atoms with van der Waals surface area (Å²) in [6, 6.07) is 73.1. The van der Waals surface area contributed by atoms with Crippen LogP contribution in [-0.4, -0.2) is 0 Å². The molecule has 2 aliphatic carbocycles. The minimum absolute atomic E-state index is 0.308. The molecule has 3 heteroatoms. The first-order valence-electron chi connectivity index (χ1n) is 23.4. The van der Waals surface area contributed by atoms with Crippen molar-refractivity contribution in [3.05, 3.63) is 222 Å². The zero-order valence-electron chi connectivity index (χ0n) is 37.8. The van der Waals surface area contributed by atoms with Crippen LogP contribution in [0.15, 0.2) is 209 Å². The summed E-state index contributed by atoms with van der Waals surface area (Å²) in [6.45, 7) is 9.58. The molecule has 14 rings (SSSR count). The number of furan rings is 2. The van der Waals surface area contributed by atoms with Crippen LogP contribution in [0, 0.1) is 0 Å². The summed E-state index contributed by atoms with van der Waals surface area (Å²) in [5.41, 5.74) is 21.3. The van der Waals surface area contributed by atoms with Gasteiger partial charge in [-0.1, -0.05) is 173 Å². The third-order valence-electron chi connectivity index (χ3n) is 15.2. The fourth-order valence-corrected chi connectivity index (χ4v) is 11.9. The largest absolute Gasteiger partial charge is 0.455 e. The number of rotatable bonds is 5. The van der Waals surface area contributed by atoms with Crippen LogP contribution in [0.3, 0.4) is 0 Å². The molecule has 0 spiro atoms. The van der Waals surface area contributed by atoms with Gasteiger partial charge in [-0.3, -0.25) is 0 Å². The molecule has 0 fully saturated rings. The van der Waals surface area contributed by atoms with E-state index in [9.17, 15) is 0 Å². The van der Waals surface area contributed by atoms with Gasteiger partial charge in [0.1, 0.15) is 22.3 Å². The fraction of sp³-hybridized carbons (Fsp3) is 0.0938. The quantitative estimate of drug-likeness (QED) is 0.173. The monoisotopic (exact) mass is 859 g/mol. The maximum atomic E-state index is 6.80. The Balaban J connectivity index is 0.996. The average Bonchev–Trinajstić information content (AvgIpc) is 4.07. The minimum Gasteiger partial charge on any atom is -0.455 e. The molecule has 2 aromatic heterocycles. The summed E-state index contributed by atoms with van der Waals surface area (Å²) in [6.07, 6.45) is 0. The van der Waals surface area contributed by atoms with Crippen molar-refractivity contribution in [3.8, 4) is 44.5 Å². The highest BCUT2D eigenvalue weighted by Crippen LogP contribution is 2.59. The molecule has 0 radical (unpaired) electrons. The lowest BCUT2D eigenvalue weighted by Gasteiger charge is -2.30. The van der Waals surface area contributed by atoms with Crippen LogP contribution in [-0.2, 0) is 10.8 Å². The topological polar surface area (TPSA) is 29.5 Å². The Morgan fingerprint density at radius 1 is 0.358 bits per heavy atom. The number of hydrogen-bond donors (Lipinski definition) is 0. The van der Waals surface area contributed by atoms with Gasteiger partial charge < -0.3 is 13.7 Å². The first-order valence-corrected chi connectivity index (χ1v) is 23.4. The molecule has 67 heavy (non-hydrogen) atoms. The molecule has 0 bridgehead atoms. The molecule has 12 aromatic rings. The number of hydrogen-bond acceptors (Lipinski definition) is 3. The van der Waals surface area contributed by atoms with Crippen molar-refractivity contribution in [2.75, 3.05) is 4.90 Å². The smallest absolute Gasteiger partial charge is 0.143 e. The summed E-state index contributed by atoms with van der Waals surface area (Å²) in [5, 5.41) is 7.08. The lowest BCUT2D eigenvalue weighted by Crippen LogP contribution is -2.18. The minimum atomic E-state index is -0.308. The first kappa shape index (κ1) is 38.2. The molecule has 0 atom stereocenters. The Labute approximate surface area is 389 Å². The van der Waals surface area contributed by atoms with E-state index >= 15 is 0 Å². The van der Waals surface area contributed by atoms with Crippen LogP contribution in [0.1, 0.15) is 49.9 Å². The lowest BCUT2D eigenvalue weighted by atomic mass is 9.80. The summed E-state index contributed by atoms with van der Waals surface area (Å²) >= 11 is 0. The zero-order chi connectivity index (χ0) is 44.8. The molecule has 2 aliphatic rings. The van der Waals surface area contributed by atoms with Crippen molar-refractivity contribution < 1.29 is 8.83 Å². The van der Waals surface area contributed by atoms with Crippen molar-refractivity contribution in [1.82, 2.24) is 0 Å². The van der Waals surface area contributed by atoms with E-state index < -0.39 is 0 Å². The predicted molar refractivity (Wildman–Crippen MR) is 279 cm³/mol. The normalized spacial score (nSPS) is 14.2. The second-order valence-corrected chi connectivity index (χ2v) is 19.6. The van der Waals surface area contributed by atoms with Gasteiger partial charge in [-0.05, 0) is 116 Å². The van der Waals surface area contributed by atoms with Crippen LogP contribution in [0.5, 0.6) is 0 Å². The highest BCUT2D eigenvalue weighted by molar-refractivity contribution is 6.20. The van der Waals surface area contributed by atoms with Crippen LogP contribution in [0.25, 0.3) is 99.2 Å². The zero-order valence-corrected chi connectivity index (χ0v) is 37.8. The first-order chi connectivity index (χ1) is 32.8. The van der Waals surface area contributed by atoms with Gasteiger partial charge in [0.2, 0.25) is 0 Å². The number of para-hydroxylation sites is 2. The van der Waals surface area contributed by atoms with Gasteiger partial charge in [0, 0.05) is 60.3 Å². The van der Waals surface area contributed by atoms with Gasteiger partial charge in [0.05, 0.1) is 5.69 Å². The van der Waals surface area contributed by atoms with Crippen molar-refractivity contribution in [1.29, 1.82) is 0 Å². The van der Waals surface area contributed by atoms with Crippen molar-refractivity contribution in [2.24, 2.45) is 0 Å². The molecule has 0 unspecified atom stereocenters. The predicted octanol–water partition coefficient (Wildman–Crippen LogP) is 18.1. The number of nitrogens with zero attached hydrogens (tertiary/aromatic N) is 1. The maximum Gasteiger partial charge on any atom is 0.143 e. The van der Waals surface area contributed by atoms with Crippen molar-refractivity contribution >= 4 is 71.7 Å². The SMILES string of the molecule is CC1(C)c2cc(N(c3ccc4c(c3)C(C)(C)c3cc(-c5ccccc5)c5oc6ccccc6c5c3-4)c3cccc4ccccc34)ccc2-c2c1cc(-c1ccccc1)c1oc3ccccc3c21. The maximum absolute atomic E-state index is 6.80. The molecule has 0 saturated heterocycles. The Kier molecular flexibility index (Phi) is 7.80. The molecule has 0 amide bonds.